The van der Waals surface area contributed by atoms with Gasteiger partial charge in [0, 0.05) is 24.0 Å². The fourth-order valence-corrected chi connectivity index (χ4v) is 2.81. The molecule has 0 atom stereocenters. The van der Waals surface area contributed by atoms with Crippen LogP contribution in [0.5, 0.6) is 0 Å². The van der Waals surface area contributed by atoms with Gasteiger partial charge in [0.25, 0.3) is 0 Å². The van der Waals surface area contributed by atoms with Crippen LogP contribution in [-0.2, 0) is 13.0 Å². The standard InChI is InChI=1S/C14H13NS2/c1-3-6-13-10-17-14(16)15(13)9-12-8-5-4-7-11(12)2/h1,4-5,7-8,10H,6,9H2,2H3. The minimum absolute atomic E-state index is 0.638. The normalized spacial score (nSPS) is 10.1. The van der Waals surface area contributed by atoms with Crippen molar-refractivity contribution in [1.29, 1.82) is 0 Å². The highest BCUT2D eigenvalue weighted by Crippen LogP contribution is 2.16. The van der Waals surface area contributed by atoms with Gasteiger partial charge in [-0.3, -0.25) is 0 Å². The maximum absolute atomic E-state index is 5.37. The van der Waals surface area contributed by atoms with E-state index >= 15 is 0 Å². The second-order valence-corrected chi connectivity index (χ2v) is 5.39. The highest BCUT2D eigenvalue weighted by molar-refractivity contribution is 7.73. The van der Waals surface area contributed by atoms with Crippen molar-refractivity contribution in [3.05, 3.63) is 50.4 Å². The van der Waals surface area contributed by atoms with Gasteiger partial charge in [0.05, 0.1) is 0 Å². The molecule has 0 radical (unpaired) electrons. The predicted octanol–water partition coefficient (Wildman–Crippen LogP) is 3.81. The summed E-state index contributed by atoms with van der Waals surface area (Å²) in [4.78, 5) is 0. The zero-order valence-corrected chi connectivity index (χ0v) is 11.3. The molecule has 0 amide bonds. The Hall–Kier alpha value is -1.37. The molecule has 0 spiro atoms. The molecule has 1 aromatic heterocycles. The van der Waals surface area contributed by atoms with E-state index in [1.807, 2.05) is 6.07 Å². The Kier molecular flexibility index (Phi) is 3.78. The Morgan fingerprint density at radius 1 is 1.41 bits per heavy atom. The summed E-state index contributed by atoms with van der Waals surface area (Å²) in [6, 6.07) is 8.35. The molecule has 0 aliphatic rings. The largest absolute Gasteiger partial charge is 0.322 e. The summed E-state index contributed by atoms with van der Waals surface area (Å²) in [5.41, 5.74) is 3.71. The fourth-order valence-electron chi connectivity index (χ4n) is 1.73. The van der Waals surface area contributed by atoms with Crippen LogP contribution >= 0.6 is 23.6 Å². The van der Waals surface area contributed by atoms with Crippen molar-refractivity contribution in [2.24, 2.45) is 0 Å². The van der Waals surface area contributed by atoms with Crippen molar-refractivity contribution in [2.75, 3.05) is 0 Å². The Balaban J connectivity index is 2.37. The molecule has 2 aromatic rings. The third kappa shape index (κ3) is 2.66. The van der Waals surface area contributed by atoms with Crippen molar-refractivity contribution in [2.45, 2.75) is 19.9 Å². The van der Waals surface area contributed by atoms with Crippen LogP contribution in [0.4, 0.5) is 0 Å². The number of rotatable bonds is 3. The molecule has 86 valence electrons. The summed E-state index contributed by atoms with van der Waals surface area (Å²) in [6.45, 7) is 2.93. The minimum atomic E-state index is 0.638. The van der Waals surface area contributed by atoms with E-state index in [2.05, 4.69) is 41.0 Å². The van der Waals surface area contributed by atoms with Crippen LogP contribution in [0.25, 0.3) is 0 Å². The summed E-state index contributed by atoms with van der Waals surface area (Å²) in [5, 5.41) is 2.06. The fraction of sp³-hybridized carbons (Fsp3) is 0.214. The van der Waals surface area contributed by atoms with Crippen LogP contribution in [0.3, 0.4) is 0 Å². The third-order valence-electron chi connectivity index (χ3n) is 2.74. The lowest BCUT2D eigenvalue weighted by atomic mass is 10.1. The van der Waals surface area contributed by atoms with Crippen molar-refractivity contribution in [3.8, 4) is 12.3 Å². The van der Waals surface area contributed by atoms with Gasteiger partial charge >= 0.3 is 0 Å². The van der Waals surface area contributed by atoms with Crippen molar-refractivity contribution < 1.29 is 0 Å². The van der Waals surface area contributed by atoms with Gasteiger partial charge in [-0.2, -0.15) is 0 Å². The van der Waals surface area contributed by atoms with Crippen molar-refractivity contribution >= 4 is 23.6 Å². The van der Waals surface area contributed by atoms with E-state index in [0.717, 1.165) is 16.2 Å². The van der Waals surface area contributed by atoms with Gasteiger partial charge in [-0.25, -0.2) is 0 Å². The van der Waals surface area contributed by atoms with Gasteiger partial charge in [-0.1, -0.05) is 24.3 Å². The van der Waals surface area contributed by atoms with E-state index in [4.69, 9.17) is 18.6 Å². The predicted molar refractivity (Wildman–Crippen MR) is 76.0 cm³/mol. The number of terminal acetylenes is 1. The van der Waals surface area contributed by atoms with Gasteiger partial charge in [0.15, 0.2) is 3.95 Å². The Morgan fingerprint density at radius 2 is 2.18 bits per heavy atom. The number of benzene rings is 1. The minimum Gasteiger partial charge on any atom is -0.322 e. The van der Waals surface area contributed by atoms with Gasteiger partial charge in [-0.05, 0) is 30.3 Å². The second-order valence-electron chi connectivity index (χ2n) is 3.89. The first-order chi connectivity index (χ1) is 8.22. The molecule has 2 rings (SSSR count). The Labute approximate surface area is 111 Å². The molecule has 0 saturated carbocycles. The summed E-state index contributed by atoms with van der Waals surface area (Å²) < 4.78 is 3.01. The lowest BCUT2D eigenvalue weighted by molar-refractivity contribution is 0.755. The highest BCUT2D eigenvalue weighted by Gasteiger charge is 2.05. The zero-order valence-electron chi connectivity index (χ0n) is 9.64. The van der Waals surface area contributed by atoms with Crippen LogP contribution in [0, 0.1) is 23.2 Å². The van der Waals surface area contributed by atoms with E-state index in [1.165, 1.54) is 11.1 Å². The number of aromatic nitrogens is 1. The van der Waals surface area contributed by atoms with Gasteiger partial charge in [0.1, 0.15) is 0 Å². The number of aryl methyl sites for hydroxylation is 1. The summed E-state index contributed by atoms with van der Waals surface area (Å²) in [5.74, 6) is 2.68. The number of hydrogen-bond donors (Lipinski definition) is 0. The maximum Gasteiger partial charge on any atom is 0.161 e. The average Bonchev–Trinajstić information content (AvgIpc) is 2.65. The van der Waals surface area contributed by atoms with Crippen LogP contribution in [0.1, 0.15) is 16.8 Å². The molecule has 0 saturated heterocycles. The summed E-state index contributed by atoms with van der Waals surface area (Å²) >= 11 is 6.92. The van der Waals surface area contributed by atoms with E-state index < -0.39 is 0 Å². The monoisotopic (exact) mass is 259 g/mol. The second kappa shape index (κ2) is 5.31. The molecule has 17 heavy (non-hydrogen) atoms. The van der Waals surface area contributed by atoms with Gasteiger partial charge in [0.2, 0.25) is 0 Å². The Morgan fingerprint density at radius 3 is 2.88 bits per heavy atom. The van der Waals surface area contributed by atoms with Gasteiger partial charge < -0.3 is 4.57 Å². The number of nitrogens with zero attached hydrogens (tertiary/aromatic N) is 1. The molecule has 0 fully saturated rings. The molecule has 1 aromatic carbocycles. The molecular weight excluding hydrogens is 246 g/mol. The maximum atomic E-state index is 5.37. The molecule has 1 nitrogen and oxygen atoms in total. The molecule has 1 heterocycles. The number of hydrogen-bond acceptors (Lipinski definition) is 2. The Bertz CT molecular complexity index is 614. The molecule has 0 unspecified atom stereocenters. The molecule has 3 heteroatoms. The lowest BCUT2D eigenvalue weighted by Crippen LogP contribution is -2.05. The lowest BCUT2D eigenvalue weighted by Gasteiger charge is -2.09. The summed E-state index contributed by atoms with van der Waals surface area (Å²) in [6.07, 6.45) is 6.01. The van der Waals surface area contributed by atoms with Gasteiger partial charge in [-0.15, -0.1) is 23.7 Å². The topological polar surface area (TPSA) is 4.93 Å². The molecule has 0 N–H and O–H groups in total. The SMILES string of the molecule is C#CCc1csc(=S)n1Cc1ccccc1C. The molecular formula is C14H13NS2. The smallest absolute Gasteiger partial charge is 0.161 e. The van der Waals surface area contributed by atoms with E-state index in [1.54, 1.807) is 11.3 Å². The molecule has 0 aliphatic heterocycles. The first-order valence-corrected chi connectivity index (χ1v) is 6.66. The van der Waals surface area contributed by atoms with Crippen molar-refractivity contribution in [1.82, 2.24) is 4.57 Å². The molecule has 0 bridgehead atoms. The summed E-state index contributed by atoms with van der Waals surface area (Å²) in [7, 11) is 0. The van der Waals surface area contributed by atoms with E-state index in [0.29, 0.717) is 6.42 Å². The van der Waals surface area contributed by atoms with E-state index in [9.17, 15) is 0 Å². The first-order valence-electron chi connectivity index (χ1n) is 5.37. The van der Waals surface area contributed by atoms with Crippen molar-refractivity contribution in [3.63, 3.8) is 0 Å². The number of thiazole rings is 1. The average molecular weight is 259 g/mol. The van der Waals surface area contributed by atoms with Crippen LogP contribution in [-0.4, -0.2) is 4.57 Å². The van der Waals surface area contributed by atoms with Crippen LogP contribution < -0.4 is 0 Å². The van der Waals surface area contributed by atoms with E-state index in [-0.39, 0.29) is 0 Å². The highest BCUT2D eigenvalue weighted by atomic mass is 32.1. The van der Waals surface area contributed by atoms with Crippen LogP contribution in [0.15, 0.2) is 29.6 Å². The third-order valence-corrected chi connectivity index (χ3v) is 4.06. The van der Waals surface area contributed by atoms with Crippen LogP contribution in [0.2, 0.25) is 0 Å². The first kappa shape index (κ1) is 12.1. The quantitative estimate of drug-likeness (QED) is 0.599. The zero-order chi connectivity index (χ0) is 12.3. The molecule has 0 aliphatic carbocycles.